The molecule has 13 rings (SSSR count). The lowest BCUT2D eigenvalue weighted by Crippen LogP contribution is -2.07. The fourth-order valence-electron chi connectivity index (χ4n) is 9.24. The van der Waals surface area contributed by atoms with Gasteiger partial charge in [-0.3, -0.25) is 4.57 Å². The van der Waals surface area contributed by atoms with E-state index in [2.05, 4.69) is 197 Å². The number of aromatic nitrogens is 6. The van der Waals surface area contributed by atoms with Crippen molar-refractivity contribution >= 4 is 86.7 Å². The quantitative estimate of drug-likeness (QED) is 0.174. The lowest BCUT2D eigenvalue weighted by Gasteiger charge is -2.14. The third kappa shape index (κ3) is 5.21. The van der Waals surface area contributed by atoms with Gasteiger partial charge in [-0.15, -0.1) is 11.3 Å². The Morgan fingerprint density at radius 1 is 0.377 bits per heavy atom. The highest BCUT2D eigenvalue weighted by Crippen LogP contribution is 2.44. The summed E-state index contributed by atoms with van der Waals surface area (Å²) < 4.78 is 5.83. The van der Waals surface area contributed by atoms with E-state index >= 15 is 0 Å². The second kappa shape index (κ2) is 13.3. The average molecular weight is 797 g/mol. The molecule has 0 aliphatic heterocycles. The van der Waals surface area contributed by atoms with Gasteiger partial charge in [-0.25, -0.2) is 9.97 Å². The molecule has 0 saturated carbocycles. The number of nitrogens with zero attached hydrogens (tertiary/aromatic N) is 6. The standard InChI is InChI=1S/C54H32N6S/c1-2-16-35(17-3-1)53-55-44-24-13-27-47(50(44)61-53)59-45-25-10-8-21-39(45)41-30-31-42-40-22-9-11-26-46(40)60(49(42)48(41)59)54-57-51(37-29-28-33-14-4-5-18-36(33)32-37)56-52(58-54)43-23-12-19-34-15-6-7-20-38(34)43/h1-32H. The largest absolute Gasteiger partial charge is 0.306 e. The van der Waals surface area contributed by atoms with E-state index in [4.69, 9.17) is 19.9 Å². The molecule has 4 aromatic heterocycles. The first-order chi connectivity index (χ1) is 30.2. The molecule has 0 amide bonds. The van der Waals surface area contributed by atoms with E-state index in [1.54, 1.807) is 11.3 Å². The topological polar surface area (TPSA) is 61.4 Å². The number of hydrogen-bond donors (Lipinski definition) is 0. The maximum absolute atomic E-state index is 5.46. The van der Waals surface area contributed by atoms with E-state index in [9.17, 15) is 0 Å². The summed E-state index contributed by atoms with van der Waals surface area (Å²) in [6.07, 6.45) is 0. The minimum Gasteiger partial charge on any atom is -0.306 e. The van der Waals surface area contributed by atoms with Crippen molar-refractivity contribution < 1.29 is 0 Å². The Labute approximate surface area is 353 Å². The van der Waals surface area contributed by atoms with Crippen LogP contribution in [0.4, 0.5) is 0 Å². The fourth-order valence-corrected chi connectivity index (χ4v) is 10.3. The highest BCUT2D eigenvalue weighted by Gasteiger charge is 2.25. The van der Waals surface area contributed by atoms with Crippen molar-refractivity contribution in [2.75, 3.05) is 0 Å². The molecule has 7 heteroatoms. The number of hydrogen-bond acceptors (Lipinski definition) is 5. The molecule has 0 aliphatic rings. The van der Waals surface area contributed by atoms with E-state index in [0.29, 0.717) is 17.6 Å². The summed E-state index contributed by atoms with van der Waals surface area (Å²) >= 11 is 1.73. The van der Waals surface area contributed by atoms with Crippen LogP contribution in [0.5, 0.6) is 0 Å². The van der Waals surface area contributed by atoms with E-state index in [0.717, 1.165) is 92.0 Å². The van der Waals surface area contributed by atoms with Gasteiger partial charge in [-0.05, 0) is 51.9 Å². The van der Waals surface area contributed by atoms with Crippen LogP contribution >= 0.6 is 11.3 Å². The molecule has 0 saturated heterocycles. The van der Waals surface area contributed by atoms with Gasteiger partial charge in [0.1, 0.15) is 5.01 Å². The molecule has 0 fully saturated rings. The maximum atomic E-state index is 5.46. The van der Waals surface area contributed by atoms with E-state index < -0.39 is 0 Å². The van der Waals surface area contributed by atoms with Gasteiger partial charge in [0.2, 0.25) is 5.95 Å². The van der Waals surface area contributed by atoms with Gasteiger partial charge in [0.15, 0.2) is 11.6 Å². The molecule has 0 aliphatic carbocycles. The Bertz CT molecular complexity index is 3890. The first-order valence-electron chi connectivity index (χ1n) is 20.4. The number of benzene rings is 9. The van der Waals surface area contributed by atoms with Gasteiger partial charge in [-0.1, -0.05) is 164 Å². The Morgan fingerprint density at radius 2 is 1.00 bits per heavy atom. The van der Waals surface area contributed by atoms with Crippen molar-refractivity contribution in [1.82, 2.24) is 29.1 Å². The molecule has 0 N–H and O–H groups in total. The van der Waals surface area contributed by atoms with Crippen molar-refractivity contribution in [3.05, 3.63) is 194 Å². The summed E-state index contributed by atoms with van der Waals surface area (Å²) in [5.41, 5.74) is 9.28. The Balaban J connectivity index is 1.17. The molecular weight excluding hydrogens is 765 g/mol. The van der Waals surface area contributed by atoms with Gasteiger partial charge >= 0.3 is 0 Å². The third-order valence-electron chi connectivity index (χ3n) is 12.0. The molecule has 0 unspecified atom stereocenters. The van der Waals surface area contributed by atoms with Crippen molar-refractivity contribution in [3.8, 4) is 45.0 Å². The number of para-hydroxylation sites is 2. The smallest absolute Gasteiger partial charge is 0.238 e. The minimum atomic E-state index is 0.555. The van der Waals surface area contributed by atoms with Crippen molar-refractivity contribution in [1.29, 1.82) is 0 Å². The predicted molar refractivity (Wildman–Crippen MR) is 253 cm³/mol. The lowest BCUT2D eigenvalue weighted by molar-refractivity contribution is 0.954. The predicted octanol–water partition coefficient (Wildman–Crippen LogP) is 14.0. The number of fused-ring (bicyclic) bond motifs is 10. The summed E-state index contributed by atoms with van der Waals surface area (Å²) in [6.45, 7) is 0. The third-order valence-corrected chi connectivity index (χ3v) is 13.1. The molecule has 4 heterocycles. The van der Waals surface area contributed by atoms with Crippen LogP contribution in [0.3, 0.4) is 0 Å². The van der Waals surface area contributed by atoms with Crippen LogP contribution in [-0.4, -0.2) is 29.1 Å². The summed E-state index contributed by atoms with van der Waals surface area (Å²) in [5, 5.41) is 10.1. The first-order valence-corrected chi connectivity index (χ1v) is 21.2. The highest BCUT2D eigenvalue weighted by atomic mass is 32.1. The zero-order valence-corrected chi connectivity index (χ0v) is 33.4. The monoisotopic (exact) mass is 796 g/mol. The second-order valence-corrected chi connectivity index (χ2v) is 16.4. The normalized spacial score (nSPS) is 11.9. The Hall–Kier alpha value is -8.00. The van der Waals surface area contributed by atoms with E-state index in [1.165, 1.54) is 10.8 Å². The van der Waals surface area contributed by atoms with Gasteiger partial charge in [0.25, 0.3) is 0 Å². The van der Waals surface area contributed by atoms with Crippen LogP contribution < -0.4 is 0 Å². The number of rotatable bonds is 5. The van der Waals surface area contributed by atoms with Gasteiger partial charge in [-0.2, -0.15) is 9.97 Å². The molecular formula is C54H32N6S. The minimum absolute atomic E-state index is 0.555. The second-order valence-electron chi connectivity index (χ2n) is 15.4. The SMILES string of the molecule is c1ccc(-c2nc3cccc(-n4c5ccccc5c5ccc6c7ccccc7n(-c7nc(-c8ccc9ccccc9c8)nc(-c8cccc9ccccc89)n7)c6c54)c3s2)cc1. The zero-order valence-electron chi connectivity index (χ0n) is 32.6. The lowest BCUT2D eigenvalue weighted by atomic mass is 10.0. The average Bonchev–Trinajstić information content (AvgIpc) is 4.02. The van der Waals surface area contributed by atoms with Gasteiger partial charge < -0.3 is 4.57 Å². The van der Waals surface area contributed by atoms with Crippen LogP contribution in [-0.2, 0) is 0 Å². The van der Waals surface area contributed by atoms with Crippen LogP contribution in [0.1, 0.15) is 0 Å². The van der Waals surface area contributed by atoms with E-state index in [-0.39, 0.29) is 0 Å². The Kier molecular flexibility index (Phi) is 7.37. The van der Waals surface area contributed by atoms with Crippen LogP contribution in [0.25, 0.3) is 120 Å². The van der Waals surface area contributed by atoms with Gasteiger partial charge in [0.05, 0.1) is 38.0 Å². The fraction of sp³-hybridized carbons (Fsp3) is 0. The molecule has 61 heavy (non-hydrogen) atoms. The molecule has 0 bridgehead atoms. The number of thiazole rings is 1. The van der Waals surface area contributed by atoms with Crippen LogP contribution in [0.2, 0.25) is 0 Å². The molecule has 9 aromatic carbocycles. The first kappa shape index (κ1) is 33.9. The van der Waals surface area contributed by atoms with Crippen molar-refractivity contribution in [3.63, 3.8) is 0 Å². The van der Waals surface area contributed by atoms with Crippen molar-refractivity contribution in [2.45, 2.75) is 0 Å². The molecule has 0 atom stereocenters. The summed E-state index contributed by atoms with van der Waals surface area (Å²) in [6, 6.07) is 68.5. The molecule has 13 aromatic rings. The Morgan fingerprint density at radius 3 is 1.80 bits per heavy atom. The molecule has 284 valence electrons. The maximum Gasteiger partial charge on any atom is 0.238 e. The van der Waals surface area contributed by atoms with Crippen LogP contribution in [0, 0.1) is 0 Å². The van der Waals surface area contributed by atoms with Crippen molar-refractivity contribution in [2.24, 2.45) is 0 Å². The summed E-state index contributed by atoms with van der Waals surface area (Å²) in [4.78, 5) is 21.3. The summed E-state index contributed by atoms with van der Waals surface area (Å²) in [7, 11) is 0. The summed E-state index contributed by atoms with van der Waals surface area (Å²) in [5.74, 6) is 1.78. The molecule has 6 nitrogen and oxygen atoms in total. The highest BCUT2D eigenvalue weighted by molar-refractivity contribution is 7.22. The molecule has 0 spiro atoms. The molecule has 0 radical (unpaired) electrons. The van der Waals surface area contributed by atoms with Crippen LogP contribution in [0.15, 0.2) is 194 Å². The van der Waals surface area contributed by atoms with Gasteiger partial charge in [0, 0.05) is 38.2 Å². The zero-order chi connectivity index (χ0) is 40.0. The van der Waals surface area contributed by atoms with E-state index in [1.807, 2.05) is 6.07 Å².